The minimum Gasteiger partial charge on any atom is -0.544 e. The molecule has 0 N–H and O–H groups in total. The third-order valence-corrected chi connectivity index (χ3v) is 4.17. The molecule has 0 radical (unpaired) electrons. The Kier molecular flexibility index (Phi) is 12.8. The fourth-order valence-corrected chi connectivity index (χ4v) is 2.81. The molecule has 0 aromatic rings. The van der Waals surface area contributed by atoms with Gasteiger partial charge in [-0.15, -0.1) is 0 Å². The van der Waals surface area contributed by atoms with E-state index < -0.39 is 5.97 Å². The summed E-state index contributed by atoms with van der Waals surface area (Å²) in [5.41, 5.74) is 0. The van der Waals surface area contributed by atoms with Gasteiger partial charge >= 0.3 is 0 Å². The molecule has 0 atom stereocenters. The fraction of sp³-hybridized carbons (Fsp3) is 0.944. The Morgan fingerprint density at radius 3 is 1.52 bits per heavy atom. The normalized spacial score (nSPS) is 11.8. The van der Waals surface area contributed by atoms with Crippen LogP contribution in [0.15, 0.2) is 0 Å². The Morgan fingerprint density at radius 1 is 0.762 bits per heavy atom. The smallest absolute Gasteiger partial charge is 0.119 e. The summed E-state index contributed by atoms with van der Waals surface area (Å²) in [7, 11) is 3.93. The van der Waals surface area contributed by atoms with Crippen molar-refractivity contribution in [2.24, 2.45) is 0 Å². The van der Waals surface area contributed by atoms with Gasteiger partial charge < -0.3 is 14.4 Å². The Bertz CT molecular complexity index is 252. The number of unbranched alkanes of at least 4 members (excludes halogenated alkanes) is 11. The zero-order valence-corrected chi connectivity index (χ0v) is 14.7. The topological polar surface area (TPSA) is 40.1 Å². The van der Waals surface area contributed by atoms with Crippen LogP contribution < -0.4 is 5.11 Å². The number of carboxylic acid groups (broad SMARTS) is 1. The first-order valence-electron chi connectivity index (χ1n) is 9.00. The number of quaternary nitrogens is 1. The van der Waals surface area contributed by atoms with E-state index in [0.29, 0.717) is 4.48 Å². The van der Waals surface area contributed by atoms with Gasteiger partial charge in [0.15, 0.2) is 0 Å². The lowest BCUT2D eigenvalue weighted by molar-refractivity contribution is -0.885. The lowest BCUT2D eigenvalue weighted by atomic mass is 10.1. The molecule has 0 spiro atoms. The molecule has 0 aliphatic heterocycles. The standard InChI is InChI=1S/C18H37NO2/c1-4-5-6-7-8-9-10-11-12-13-14-15-16-19(2,3)17-18(20)21/h4-17H2,1-3H3. The van der Waals surface area contributed by atoms with Crippen LogP contribution in [-0.2, 0) is 4.79 Å². The van der Waals surface area contributed by atoms with E-state index in [4.69, 9.17) is 0 Å². The maximum Gasteiger partial charge on any atom is 0.119 e. The summed E-state index contributed by atoms with van der Waals surface area (Å²) in [4.78, 5) is 10.6. The Labute approximate surface area is 132 Å². The van der Waals surface area contributed by atoms with E-state index in [0.717, 1.165) is 13.0 Å². The van der Waals surface area contributed by atoms with Crippen molar-refractivity contribution in [3.8, 4) is 0 Å². The van der Waals surface area contributed by atoms with Crippen molar-refractivity contribution in [3.05, 3.63) is 0 Å². The number of rotatable bonds is 15. The molecule has 0 fully saturated rings. The number of hydrogen-bond donors (Lipinski definition) is 0. The fourth-order valence-electron chi connectivity index (χ4n) is 2.81. The molecule has 0 rings (SSSR count). The van der Waals surface area contributed by atoms with E-state index in [1.54, 1.807) is 0 Å². The van der Waals surface area contributed by atoms with Crippen molar-refractivity contribution in [1.82, 2.24) is 0 Å². The molecular formula is C18H37NO2. The Balaban J connectivity index is 3.24. The van der Waals surface area contributed by atoms with Crippen LogP contribution >= 0.6 is 0 Å². The highest BCUT2D eigenvalue weighted by atomic mass is 16.4. The lowest BCUT2D eigenvalue weighted by Crippen LogP contribution is -2.48. The highest BCUT2D eigenvalue weighted by Gasteiger charge is 2.14. The van der Waals surface area contributed by atoms with Crippen LogP contribution in [0.4, 0.5) is 0 Å². The zero-order valence-electron chi connectivity index (χ0n) is 14.7. The second-order valence-corrected chi connectivity index (χ2v) is 7.08. The average Bonchev–Trinajstić information content (AvgIpc) is 2.38. The molecule has 0 aromatic carbocycles. The van der Waals surface area contributed by atoms with Crippen molar-refractivity contribution < 1.29 is 14.4 Å². The van der Waals surface area contributed by atoms with Crippen LogP contribution in [0.25, 0.3) is 0 Å². The second kappa shape index (κ2) is 13.1. The Morgan fingerprint density at radius 2 is 1.14 bits per heavy atom. The summed E-state index contributed by atoms with van der Waals surface area (Å²) in [5, 5.41) is 10.6. The first kappa shape index (κ1) is 20.4. The molecule has 0 bridgehead atoms. The number of carboxylic acids is 1. The summed E-state index contributed by atoms with van der Waals surface area (Å²) >= 11 is 0. The number of nitrogens with zero attached hydrogens (tertiary/aromatic N) is 1. The van der Waals surface area contributed by atoms with Crippen LogP contribution in [0.5, 0.6) is 0 Å². The van der Waals surface area contributed by atoms with Gasteiger partial charge in [0.05, 0.1) is 26.6 Å². The zero-order chi connectivity index (χ0) is 16.0. The quantitative estimate of drug-likeness (QED) is 0.343. The van der Waals surface area contributed by atoms with Crippen LogP contribution in [0.3, 0.4) is 0 Å². The molecule has 0 unspecified atom stereocenters. The van der Waals surface area contributed by atoms with E-state index in [1.807, 2.05) is 14.1 Å². The molecule has 0 saturated heterocycles. The highest BCUT2D eigenvalue weighted by Crippen LogP contribution is 2.12. The van der Waals surface area contributed by atoms with Gasteiger partial charge in [0.2, 0.25) is 0 Å². The predicted molar refractivity (Wildman–Crippen MR) is 87.9 cm³/mol. The van der Waals surface area contributed by atoms with Gasteiger partial charge in [-0.2, -0.15) is 0 Å². The maximum absolute atomic E-state index is 10.6. The van der Waals surface area contributed by atoms with E-state index in [-0.39, 0.29) is 6.54 Å². The molecule has 126 valence electrons. The van der Waals surface area contributed by atoms with Gasteiger partial charge in [-0.25, -0.2) is 0 Å². The molecule has 0 saturated carbocycles. The summed E-state index contributed by atoms with van der Waals surface area (Å²) in [5.74, 6) is -0.945. The van der Waals surface area contributed by atoms with Gasteiger partial charge in [-0.05, 0) is 12.8 Å². The van der Waals surface area contributed by atoms with Crippen molar-refractivity contribution in [2.45, 2.75) is 84.0 Å². The van der Waals surface area contributed by atoms with Crippen LogP contribution in [-0.4, -0.2) is 37.6 Å². The number of likely N-dealkylation sites (N-methyl/N-ethyl adjacent to an activating group) is 1. The second-order valence-electron chi connectivity index (χ2n) is 7.08. The molecule has 3 nitrogen and oxygen atoms in total. The number of hydrogen-bond acceptors (Lipinski definition) is 2. The summed E-state index contributed by atoms with van der Waals surface area (Å²) in [6.45, 7) is 3.32. The molecule has 0 aliphatic carbocycles. The number of carbonyl (C=O) groups excluding carboxylic acids is 1. The minimum atomic E-state index is -0.945. The molecule has 0 aromatic heterocycles. The Hall–Kier alpha value is -0.570. The van der Waals surface area contributed by atoms with E-state index >= 15 is 0 Å². The first-order valence-corrected chi connectivity index (χ1v) is 9.00. The predicted octanol–water partition coefficient (Wildman–Crippen LogP) is 3.51. The van der Waals surface area contributed by atoms with E-state index in [9.17, 15) is 9.90 Å². The highest BCUT2D eigenvalue weighted by molar-refractivity contribution is 5.65. The van der Waals surface area contributed by atoms with Gasteiger partial charge in [0.25, 0.3) is 0 Å². The third kappa shape index (κ3) is 15.6. The maximum atomic E-state index is 10.6. The van der Waals surface area contributed by atoms with Gasteiger partial charge in [0, 0.05) is 0 Å². The van der Waals surface area contributed by atoms with Crippen LogP contribution in [0, 0.1) is 0 Å². The summed E-state index contributed by atoms with van der Waals surface area (Å²) in [6.07, 6.45) is 16.1. The lowest BCUT2D eigenvalue weighted by Gasteiger charge is -2.30. The molecule has 21 heavy (non-hydrogen) atoms. The molecule has 3 heteroatoms. The molecular weight excluding hydrogens is 262 g/mol. The van der Waals surface area contributed by atoms with E-state index in [1.165, 1.54) is 70.6 Å². The molecule has 0 aliphatic rings. The number of carbonyl (C=O) groups is 1. The molecule has 0 heterocycles. The van der Waals surface area contributed by atoms with Crippen LogP contribution in [0.1, 0.15) is 84.0 Å². The van der Waals surface area contributed by atoms with Gasteiger partial charge in [0.1, 0.15) is 6.54 Å². The summed E-state index contributed by atoms with van der Waals surface area (Å²) < 4.78 is 0.542. The van der Waals surface area contributed by atoms with Crippen molar-refractivity contribution in [2.75, 3.05) is 27.2 Å². The molecule has 0 amide bonds. The van der Waals surface area contributed by atoms with Crippen molar-refractivity contribution in [3.63, 3.8) is 0 Å². The SMILES string of the molecule is CCCCCCCCCCCCCC[N+](C)(C)CC(=O)[O-]. The monoisotopic (exact) mass is 299 g/mol. The summed E-state index contributed by atoms with van der Waals surface area (Å²) in [6, 6.07) is 0. The van der Waals surface area contributed by atoms with Crippen LogP contribution in [0.2, 0.25) is 0 Å². The van der Waals surface area contributed by atoms with Gasteiger partial charge in [-0.1, -0.05) is 71.1 Å². The largest absolute Gasteiger partial charge is 0.544 e. The number of aliphatic carboxylic acids is 1. The van der Waals surface area contributed by atoms with Crippen molar-refractivity contribution in [1.29, 1.82) is 0 Å². The minimum absolute atomic E-state index is 0.123. The van der Waals surface area contributed by atoms with Crippen molar-refractivity contribution >= 4 is 5.97 Å². The van der Waals surface area contributed by atoms with Gasteiger partial charge in [-0.3, -0.25) is 0 Å². The third-order valence-electron chi connectivity index (χ3n) is 4.17. The average molecular weight is 299 g/mol. The van der Waals surface area contributed by atoms with E-state index in [2.05, 4.69) is 6.92 Å². The first-order chi connectivity index (χ1) is 9.98.